The molecule has 0 nitrogen and oxygen atoms in total. The number of hydrogen-bond acceptors (Lipinski definition) is 0. The Morgan fingerprint density at radius 2 is 0.917 bits per heavy atom. The third kappa shape index (κ3) is 1.69. The summed E-state index contributed by atoms with van der Waals surface area (Å²) in [6, 6.07) is 0. The van der Waals surface area contributed by atoms with Crippen LogP contribution in [0.15, 0.2) is 34.4 Å². The normalized spacial score (nSPS) is 16.2. The van der Waals surface area contributed by atoms with E-state index in [9.17, 15) is 0 Å². The maximum absolute atomic E-state index is 4.00. The van der Waals surface area contributed by atoms with Gasteiger partial charge in [0, 0.05) is 0 Å². The minimum atomic E-state index is 0. The van der Waals surface area contributed by atoms with Gasteiger partial charge in [0.25, 0.3) is 0 Å². The zero-order chi connectivity index (χ0) is 7.89. The quantitative estimate of drug-likeness (QED) is 0.497. The molecule has 0 saturated heterocycles. The van der Waals surface area contributed by atoms with E-state index < -0.39 is 0 Å². The Morgan fingerprint density at radius 1 is 0.667 bits per heavy atom. The molecule has 1 aliphatic carbocycles. The number of allylic oxidation sites excluding steroid dienone is 5. The molecule has 1 aliphatic rings. The fourth-order valence-electron chi connectivity index (χ4n) is 1.30. The maximum Gasteiger partial charge on any atom is -0.0265 e. The lowest BCUT2D eigenvalue weighted by Gasteiger charge is -1.96. The van der Waals surface area contributed by atoms with E-state index in [1.807, 2.05) is 0 Å². The molecule has 0 aromatic carbocycles. The van der Waals surface area contributed by atoms with Crippen molar-refractivity contribution in [1.82, 2.24) is 0 Å². The van der Waals surface area contributed by atoms with Gasteiger partial charge in [-0.15, -0.1) is 0 Å². The van der Waals surface area contributed by atoms with E-state index in [-0.39, 0.29) is 14.9 Å². The predicted octanol–water partition coefficient (Wildman–Crippen LogP) is 4.50. The maximum atomic E-state index is 4.00. The van der Waals surface area contributed by atoms with Crippen molar-refractivity contribution >= 4 is 0 Å². The molecule has 0 unspecified atom stereocenters. The Kier molecular flexibility index (Phi) is 4.94. The van der Waals surface area contributed by atoms with Crippen LogP contribution in [0.25, 0.3) is 0 Å². The molecule has 0 spiro atoms. The molecular formula is C12H22. The first-order chi connectivity index (χ1) is 4.55. The second-order valence-electron chi connectivity index (χ2n) is 2.98. The van der Waals surface area contributed by atoms with Crippen molar-refractivity contribution in [3.8, 4) is 0 Å². The number of hydrogen-bond donors (Lipinski definition) is 0. The second kappa shape index (κ2) is 4.30. The lowest BCUT2D eigenvalue weighted by molar-refractivity contribution is 1.31. The predicted molar refractivity (Wildman–Crippen MR) is 59.4 cm³/mol. The summed E-state index contributed by atoms with van der Waals surface area (Å²) in [5, 5.41) is 0. The molecule has 70 valence electrons. The van der Waals surface area contributed by atoms with Crippen LogP contribution in [-0.4, -0.2) is 0 Å². The van der Waals surface area contributed by atoms with Gasteiger partial charge in [0.1, 0.15) is 0 Å². The fraction of sp³-hybridized carbons (Fsp3) is 0.500. The highest BCUT2D eigenvalue weighted by atomic mass is 14.2. The van der Waals surface area contributed by atoms with Crippen molar-refractivity contribution in [2.45, 2.75) is 42.5 Å². The molecule has 0 heterocycles. The first-order valence-corrected chi connectivity index (χ1v) is 3.60. The van der Waals surface area contributed by atoms with E-state index >= 15 is 0 Å². The van der Waals surface area contributed by atoms with Crippen LogP contribution in [0.4, 0.5) is 0 Å². The molecular weight excluding hydrogens is 144 g/mol. The van der Waals surface area contributed by atoms with E-state index in [0.29, 0.717) is 0 Å². The van der Waals surface area contributed by atoms with Gasteiger partial charge >= 0.3 is 0 Å². The molecule has 0 saturated carbocycles. The van der Waals surface area contributed by atoms with Gasteiger partial charge in [0.05, 0.1) is 0 Å². The summed E-state index contributed by atoms with van der Waals surface area (Å²) in [5.41, 5.74) is 6.74. The highest BCUT2D eigenvalue weighted by molar-refractivity contribution is 5.59. The lowest BCUT2D eigenvalue weighted by atomic mass is 10.1. The van der Waals surface area contributed by atoms with Crippen molar-refractivity contribution in [3.05, 3.63) is 34.4 Å². The Bertz CT molecular complexity index is 223. The Morgan fingerprint density at radius 3 is 1.00 bits per heavy atom. The van der Waals surface area contributed by atoms with Crippen molar-refractivity contribution in [3.63, 3.8) is 0 Å². The van der Waals surface area contributed by atoms with Gasteiger partial charge in [-0.1, -0.05) is 21.4 Å². The first kappa shape index (κ1) is 13.8. The molecule has 0 atom stereocenters. The third-order valence-electron chi connectivity index (χ3n) is 2.59. The zero-order valence-corrected chi connectivity index (χ0v) is 7.21. The van der Waals surface area contributed by atoms with Gasteiger partial charge in [0.2, 0.25) is 0 Å². The average molecular weight is 166 g/mol. The van der Waals surface area contributed by atoms with Crippen LogP contribution >= 0.6 is 0 Å². The summed E-state index contributed by atoms with van der Waals surface area (Å²) >= 11 is 0. The van der Waals surface area contributed by atoms with Crippen molar-refractivity contribution in [2.75, 3.05) is 0 Å². The summed E-state index contributed by atoms with van der Waals surface area (Å²) in [5.74, 6) is 0. The molecule has 0 aliphatic heterocycles. The van der Waals surface area contributed by atoms with Crippen molar-refractivity contribution < 1.29 is 0 Å². The van der Waals surface area contributed by atoms with E-state index in [4.69, 9.17) is 0 Å². The molecule has 0 amide bonds. The van der Waals surface area contributed by atoms with E-state index in [2.05, 4.69) is 34.3 Å². The van der Waals surface area contributed by atoms with Crippen LogP contribution in [0.3, 0.4) is 0 Å². The fourth-order valence-corrected chi connectivity index (χ4v) is 1.30. The smallest absolute Gasteiger partial charge is 0.0265 e. The second-order valence-corrected chi connectivity index (χ2v) is 2.98. The van der Waals surface area contributed by atoms with Crippen LogP contribution < -0.4 is 0 Å². The van der Waals surface area contributed by atoms with Gasteiger partial charge in [-0.25, -0.2) is 0 Å². The van der Waals surface area contributed by atoms with Crippen LogP contribution in [0.5, 0.6) is 0 Å². The lowest BCUT2D eigenvalue weighted by Crippen LogP contribution is -1.77. The molecule has 0 bridgehead atoms. The molecule has 12 heavy (non-hydrogen) atoms. The van der Waals surface area contributed by atoms with E-state index in [0.717, 1.165) is 0 Å². The highest BCUT2D eigenvalue weighted by Crippen LogP contribution is 2.34. The molecule has 0 radical (unpaired) electrons. The first-order valence-electron chi connectivity index (χ1n) is 3.60. The van der Waals surface area contributed by atoms with Gasteiger partial charge < -0.3 is 0 Å². The number of rotatable bonds is 0. The summed E-state index contributed by atoms with van der Waals surface area (Å²) < 4.78 is 0. The SMILES string of the molecule is C.C.C=C1C(C)=C(C)C(C)=C1C. The molecule has 0 aromatic rings. The third-order valence-corrected chi connectivity index (χ3v) is 2.59. The standard InChI is InChI=1S/C10H14.2CH4/c1-6-7(2)9(4)10(5)8(6)3;;/h1H2,2-5H3;2*1H4. The van der Waals surface area contributed by atoms with Gasteiger partial charge in [-0.3, -0.25) is 0 Å². The topological polar surface area (TPSA) is 0 Å². The molecule has 1 rings (SSSR count). The average Bonchev–Trinajstić information content (AvgIpc) is 2.07. The van der Waals surface area contributed by atoms with Crippen LogP contribution in [0.2, 0.25) is 0 Å². The van der Waals surface area contributed by atoms with E-state index in [1.54, 1.807) is 0 Å². The van der Waals surface area contributed by atoms with Crippen LogP contribution in [0, 0.1) is 0 Å². The molecule has 0 fully saturated rings. The van der Waals surface area contributed by atoms with Gasteiger partial charge in [-0.2, -0.15) is 0 Å². The summed E-state index contributed by atoms with van der Waals surface area (Å²) in [7, 11) is 0. The Labute approximate surface area is 77.7 Å². The minimum absolute atomic E-state index is 0. The van der Waals surface area contributed by atoms with Crippen LogP contribution in [0.1, 0.15) is 42.5 Å². The highest BCUT2D eigenvalue weighted by Gasteiger charge is 2.14. The Hall–Kier alpha value is -0.780. The molecule has 0 heteroatoms. The summed E-state index contributed by atoms with van der Waals surface area (Å²) in [4.78, 5) is 0. The van der Waals surface area contributed by atoms with Gasteiger partial charge in [0.15, 0.2) is 0 Å². The van der Waals surface area contributed by atoms with Crippen LogP contribution in [-0.2, 0) is 0 Å². The largest absolute Gasteiger partial charge is 0.0912 e. The van der Waals surface area contributed by atoms with Crippen molar-refractivity contribution in [2.24, 2.45) is 0 Å². The molecule has 0 N–H and O–H groups in total. The Balaban J connectivity index is 0. The monoisotopic (exact) mass is 166 g/mol. The molecule has 0 aromatic heterocycles. The minimum Gasteiger partial charge on any atom is -0.0912 e. The van der Waals surface area contributed by atoms with E-state index in [1.165, 1.54) is 27.9 Å². The van der Waals surface area contributed by atoms with Crippen molar-refractivity contribution in [1.29, 1.82) is 0 Å². The summed E-state index contributed by atoms with van der Waals surface area (Å²) in [6.07, 6.45) is 0. The summed E-state index contributed by atoms with van der Waals surface area (Å²) in [6.45, 7) is 12.6. The zero-order valence-electron chi connectivity index (χ0n) is 7.21. The van der Waals surface area contributed by atoms with Gasteiger partial charge in [-0.05, 0) is 55.6 Å².